The van der Waals surface area contributed by atoms with Gasteiger partial charge in [-0.1, -0.05) is 37.3 Å². The van der Waals surface area contributed by atoms with E-state index in [1.54, 1.807) is 43.5 Å². The zero-order chi connectivity index (χ0) is 25.5. The molecule has 36 heavy (non-hydrogen) atoms. The number of para-hydroxylation sites is 1. The second kappa shape index (κ2) is 11.4. The predicted octanol–water partition coefficient (Wildman–Crippen LogP) is 4.51. The largest absolute Gasteiger partial charge is 0.497 e. The summed E-state index contributed by atoms with van der Waals surface area (Å²) in [4.78, 5) is 41.8. The van der Waals surface area contributed by atoms with Crippen LogP contribution >= 0.6 is 0 Å². The topological polar surface area (TPSA) is 97.5 Å². The molecule has 4 rings (SSSR count). The fourth-order valence-electron chi connectivity index (χ4n) is 3.94. The van der Waals surface area contributed by atoms with Crippen molar-refractivity contribution in [1.82, 2.24) is 10.3 Å². The minimum absolute atomic E-state index is 0.207. The number of Topliss-reactive ketones (excluding diaryl/α,β-unsaturated/α-hetero) is 1. The first-order valence-corrected chi connectivity index (χ1v) is 11.8. The molecule has 3 aromatic carbocycles. The third-order valence-electron chi connectivity index (χ3n) is 6.07. The third-order valence-corrected chi connectivity index (χ3v) is 6.07. The molecule has 1 amide bonds. The number of methoxy groups -OCH3 is 1. The number of hydrogen-bond donors (Lipinski definition) is 2. The fourth-order valence-corrected chi connectivity index (χ4v) is 3.94. The van der Waals surface area contributed by atoms with Crippen molar-refractivity contribution in [2.45, 2.75) is 25.8 Å². The minimum atomic E-state index is -0.980. The SMILES string of the molecule is CCc1ccc(C(=O)N[C@H](Cc2c[nH]c3ccccc23)C(=O)OCC(=O)c2ccc(OC)cc2)cc1. The Hall–Kier alpha value is -4.39. The molecular formula is C29H28N2O5. The van der Waals surface area contributed by atoms with Gasteiger partial charge >= 0.3 is 5.97 Å². The van der Waals surface area contributed by atoms with Crippen LogP contribution in [-0.2, 0) is 22.4 Å². The molecule has 0 aliphatic carbocycles. The number of aromatic nitrogens is 1. The molecule has 2 N–H and O–H groups in total. The summed E-state index contributed by atoms with van der Waals surface area (Å²) in [6, 6.07) is 20.5. The Morgan fingerprint density at radius 2 is 1.61 bits per heavy atom. The van der Waals surface area contributed by atoms with Gasteiger partial charge in [0.1, 0.15) is 11.8 Å². The highest BCUT2D eigenvalue weighted by Gasteiger charge is 2.25. The van der Waals surface area contributed by atoms with Crippen LogP contribution in [0.3, 0.4) is 0 Å². The van der Waals surface area contributed by atoms with Crippen LogP contribution in [0.5, 0.6) is 5.75 Å². The normalized spacial score (nSPS) is 11.6. The van der Waals surface area contributed by atoms with Crippen molar-refractivity contribution in [1.29, 1.82) is 0 Å². The number of benzene rings is 3. The molecule has 0 aliphatic heterocycles. The molecule has 0 spiro atoms. The van der Waals surface area contributed by atoms with Gasteiger partial charge in [-0.25, -0.2) is 4.79 Å². The molecule has 0 fully saturated rings. The molecule has 1 atom stereocenters. The molecule has 0 aliphatic rings. The summed E-state index contributed by atoms with van der Waals surface area (Å²) in [5.41, 5.74) is 3.74. The van der Waals surface area contributed by atoms with Gasteiger partial charge in [0.25, 0.3) is 5.91 Å². The van der Waals surface area contributed by atoms with E-state index in [1.165, 1.54) is 0 Å². The molecule has 0 bridgehead atoms. The highest BCUT2D eigenvalue weighted by molar-refractivity contribution is 5.99. The monoisotopic (exact) mass is 484 g/mol. The lowest BCUT2D eigenvalue weighted by Crippen LogP contribution is -2.43. The number of rotatable bonds is 10. The van der Waals surface area contributed by atoms with Crippen LogP contribution < -0.4 is 10.1 Å². The number of aryl methyl sites for hydroxylation is 1. The van der Waals surface area contributed by atoms with Gasteiger partial charge in [0, 0.05) is 34.6 Å². The van der Waals surface area contributed by atoms with Gasteiger partial charge in [-0.3, -0.25) is 9.59 Å². The van der Waals surface area contributed by atoms with E-state index in [4.69, 9.17) is 9.47 Å². The highest BCUT2D eigenvalue weighted by Crippen LogP contribution is 2.20. The molecule has 0 saturated carbocycles. The van der Waals surface area contributed by atoms with Crippen molar-refractivity contribution in [2.75, 3.05) is 13.7 Å². The number of carbonyl (C=O) groups is 3. The van der Waals surface area contributed by atoms with Crippen molar-refractivity contribution in [2.24, 2.45) is 0 Å². The number of aromatic amines is 1. The Bertz CT molecular complexity index is 1360. The summed E-state index contributed by atoms with van der Waals surface area (Å²) >= 11 is 0. The van der Waals surface area contributed by atoms with Gasteiger partial charge < -0.3 is 19.8 Å². The molecule has 1 aromatic heterocycles. The van der Waals surface area contributed by atoms with Crippen LogP contribution in [0, 0.1) is 0 Å². The number of ether oxygens (including phenoxy) is 2. The maximum Gasteiger partial charge on any atom is 0.329 e. The quantitative estimate of drug-likeness (QED) is 0.255. The summed E-state index contributed by atoms with van der Waals surface area (Å²) < 4.78 is 10.5. The van der Waals surface area contributed by atoms with E-state index in [1.807, 2.05) is 49.5 Å². The minimum Gasteiger partial charge on any atom is -0.497 e. The number of fused-ring (bicyclic) bond motifs is 1. The molecule has 0 unspecified atom stereocenters. The van der Waals surface area contributed by atoms with Crippen molar-refractivity contribution >= 4 is 28.6 Å². The van der Waals surface area contributed by atoms with Gasteiger partial charge in [0.2, 0.25) is 0 Å². The Balaban J connectivity index is 1.50. The van der Waals surface area contributed by atoms with Gasteiger partial charge in [0.15, 0.2) is 12.4 Å². The number of nitrogens with one attached hydrogen (secondary N) is 2. The van der Waals surface area contributed by atoms with Crippen molar-refractivity contribution in [3.8, 4) is 5.75 Å². The van der Waals surface area contributed by atoms with Crippen molar-refractivity contribution < 1.29 is 23.9 Å². The molecule has 4 aromatic rings. The Kier molecular flexibility index (Phi) is 7.80. The molecule has 7 heteroatoms. The summed E-state index contributed by atoms with van der Waals surface area (Å²) in [5.74, 6) is -0.794. The molecule has 184 valence electrons. The van der Waals surface area contributed by atoms with Crippen molar-refractivity contribution in [3.63, 3.8) is 0 Å². The number of hydrogen-bond acceptors (Lipinski definition) is 5. The molecule has 0 radical (unpaired) electrons. The van der Waals surface area contributed by atoms with E-state index in [-0.39, 0.29) is 18.1 Å². The number of ketones is 1. The first-order valence-electron chi connectivity index (χ1n) is 11.8. The zero-order valence-corrected chi connectivity index (χ0v) is 20.2. The molecule has 0 saturated heterocycles. The molecular weight excluding hydrogens is 456 g/mol. The Morgan fingerprint density at radius 3 is 2.31 bits per heavy atom. The summed E-state index contributed by atoms with van der Waals surface area (Å²) in [5, 5.41) is 3.75. The Morgan fingerprint density at radius 1 is 0.917 bits per heavy atom. The van der Waals surface area contributed by atoms with Gasteiger partial charge in [0.05, 0.1) is 7.11 Å². The van der Waals surface area contributed by atoms with Crippen molar-refractivity contribution in [3.05, 3.63) is 101 Å². The first-order chi connectivity index (χ1) is 17.5. The van der Waals surface area contributed by atoms with Gasteiger partial charge in [-0.15, -0.1) is 0 Å². The molecule has 7 nitrogen and oxygen atoms in total. The number of amides is 1. The fraction of sp³-hybridized carbons (Fsp3) is 0.207. The van der Waals surface area contributed by atoms with Crippen LogP contribution in [0.15, 0.2) is 79.0 Å². The van der Waals surface area contributed by atoms with Crippen LogP contribution in [0.2, 0.25) is 0 Å². The van der Waals surface area contributed by atoms with E-state index in [9.17, 15) is 14.4 Å². The summed E-state index contributed by atoms with van der Waals surface area (Å²) in [6.45, 7) is 1.60. The average Bonchev–Trinajstić information content (AvgIpc) is 3.34. The standard InChI is InChI=1S/C29H28N2O5/c1-3-19-8-10-21(11-9-19)28(33)31-26(16-22-17-30-25-7-5-4-6-24(22)25)29(34)36-18-27(32)20-12-14-23(35-2)15-13-20/h4-15,17,26,30H,3,16,18H2,1-2H3,(H,31,33)/t26-/m1/s1. The van der Waals surface area contributed by atoms with Gasteiger partial charge in [-0.2, -0.15) is 0 Å². The second-order valence-corrected chi connectivity index (χ2v) is 8.40. The Labute approximate surface area is 209 Å². The lowest BCUT2D eigenvalue weighted by molar-refractivity contribution is -0.144. The number of esters is 1. The third kappa shape index (κ3) is 5.81. The second-order valence-electron chi connectivity index (χ2n) is 8.40. The summed E-state index contributed by atoms with van der Waals surface area (Å²) in [6.07, 6.45) is 2.88. The van der Waals surface area contributed by atoms with Crippen LogP contribution in [-0.4, -0.2) is 42.4 Å². The van der Waals surface area contributed by atoms with Crippen LogP contribution in [0.4, 0.5) is 0 Å². The van der Waals surface area contributed by atoms with Gasteiger partial charge in [-0.05, 0) is 60.0 Å². The maximum absolute atomic E-state index is 13.1. The van der Waals surface area contributed by atoms with Crippen LogP contribution in [0.1, 0.15) is 38.8 Å². The highest BCUT2D eigenvalue weighted by atomic mass is 16.5. The summed E-state index contributed by atoms with van der Waals surface area (Å²) in [7, 11) is 1.54. The number of carbonyl (C=O) groups excluding carboxylic acids is 3. The lowest BCUT2D eigenvalue weighted by Gasteiger charge is -2.18. The van der Waals surface area contributed by atoms with E-state index in [0.717, 1.165) is 28.5 Å². The van der Waals surface area contributed by atoms with E-state index in [0.29, 0.717) is 16.9 Å². The van der Waals surface area contributed by atoms with Crippen LogP contribution in [0.25, 0.3) is 10.9 Å². The molecule has 1 heterocycles. The first kappa shape index (κ1) is 24.7. The van der Waals surface area contributed by atoms with E-state index in [2.05, 4.69) is 10.3 Å². The smallest absolute Gasteiger partial charge is 0.329 e. The lowest BCUT2D eigenvalue weighted by atomic mass is 10.0. The predicted molar refractivity (Wildman–Crippen MR) is 137 cm³/mol. The van der Waals surface area contributed by atoms with E-state index < -0.39 is 18.6 Å². The van der Waals surface area contributed by atoms with E-state index >= 15 is 0 Å². The number of H-pyrrole nitrogens is 1. The zero-order valence-electron chi connectivity index (χ0n) is 20.2. The maximum atomic E-state index is 13.1. The average molecular weight is 485 g/mol.